The van der Waals surface area contributed by atoms with Crippen LogP contribution in [0, 0.1) is 0 Å². The van der Waals surface area contributed by atoms with Gasteiger partial charge in [0.1, 0.15) is 5.75 Å². The average Bonchev–Trinajstić information content (AvgIpc) is 2.67. The lowest BCUT2D eigenvalue weighted by Crippen LogP contribution is -2.28. The minimum Gasteiger partial charge on any atom is -0.497 e. The molecule has 1 aliphatic heterocycles. The Kier molecular flexibility index (Phi) is 5.33. The van der Waals surface area contributed by atoms with E-state index in [4.69, 9.17) is 16.3 Å². The second kappa shape index (κ2) is 7.01. The second-order valence-corrected chi connectivity index (χ2v) is 5.48. The minimum absolute atomic E-state index is 0.0778. The standard InChI is InChI=1S/C15H22ClNO/c1-18-14-8-6-13(7-9-14)15(16)12-17-10-4-2-3-5-11-17/h6-9,15H,2-5,10-12H2,1H3. The van der Waals surface area contributed by atoms with Crippen molar-refractivity contribution >= 4 is 11.6 Å². The van der Waals surface area contributed by atoms with Crippen molar-refractivity contribution < 1.29 is 4.74 Å². The fourth-order valence-electron chi connectivity index (χ4n) is 2.46. The lowest BCUT2D eigenvalue weighted by molar-refractivity contribution is 0.285. The number of hydrogen-bond donors (Lipinski definition) is 0. The fraction of sp³-hybridized carbons (Fsp3) is 0.600. The molecule has 0 aliphatic carbocycles. The Hall–Kier alpha value is -0.730. The summed E-state index contributed by atoms with van der Waals surface area (Å²) >= 11 is 6.51. The van der Waals surface area contributed by atoms with E-state index in [1.165, 1.54) is 44.3 Å². The Bertz CT molecular complexity index is 344. The van der Waals surface area contributed by atoms with E-state index >= 15 is 0 Å². The van der Waals surface area contributed by atoms with Gasteiger partial charge in [0.05, 0.1) is 12.5 Å². The molecule has 0 aromatic heterocycles. The molecule has 1 fully saturated rings. The molecule has 1 aromatic carbocycles. The highest BCUT2D eigenvalue weighted by molar-refractivity contribution is 6.21. The molecule has 0 amide bonds. The Balaban J connectivity index is 1.90. The molecular formula is C15H22ClNO. The van der Waals surface area contributed by atoms with E-state index < -0.39 is 0 Å². The Morgan fingerprint density at radius 3 is 2.28 bits per heavy atom. The highest BCUT2D eigenvalue weighted by Crippen LogP contribution is 2.25. The van der Waals surface area contributed by atoms with Gasteiger partial charge in [0.2, 0.25) is 0 Å². The van der Waals surface area contributed by atoms with Crippen LogP contribution in [0.3, 0.4) is 0 Å². The molecule has 1 aliphatic rings. The number of halogens is 1. The number of benzene rings is 1. The number of rotatable bonds is 4. The maximum atomic E-state index is 6.51. The van der Waals surface area contributed by atoms with E-state index in [1.54, 1.807) is 7.11 Å². The lowest BCUT2D eigenvalue weighted by atomic mass is 10.1. The fourth-order valence-corrected chi connectivity index (χ4v) is 2.80. The van der Waals surface area contributed by atoms with Crippen LogP contribution in [0.15, 0.2) is 24.3 Å². The molecule has 0 saturated carbocycles. The number of nitrogens with zero attached hydrogens (tertiary/aromatic N) is 1. The molecule has 1 unspecified atom stereocenters. The highest BCUT2D eigenvalue weighted by Gasteiger charge is 2.15. The first kappa shape index (κ1) is 13.7. The smallest absolute Gasteiger partial charge is 0.118 e. The van der Waals surface area contributed by atoms with Crippen LogP contribution >= 0.6 is 11.6 Å². The molecule has 1 saturated heterocycles. The van der Waals surface area contributed by atoms with Crippen LogP contribution in [0.2, 0.25) is 0 Å². The highest BCUT2D eigenvalue weighted by atomic mass is 35.5. The minimum atomic E-state index is 0.0778. The molecule has 0 N–H and O–H groups in total. The van der Waals surface area contributed by atoms with Gasteiger partial charge in [0.15, 0.2) is 0 Å². The number of methoxy groups -OCH3 is 1. The van der Waals surface area contributed by atoms with Crippen LogP contribution in [0.5, 0.6) is 5.75 Å². The van der Waals surface area contributed by atoms with Crippen molar-refractivity contribution in [1.29, 1.82) is 0 Å². The molecule has 0 radical (unpaired) electrons. The van der Waals surface area contributed by atoms with E-state index in [9.17, 15) is 0 Å². The van der Waals surface area contributed by atoms with Crippen molar-refractivity contribution in [1.82, 2.24) is 4.90 Å². The van der Waals surface area contributed by atoms with Gasteiger partial charge in [-0.2, -0.15) is 0 Å². The third kappa shape index (κ3) is 3.89. The van der Waals surface area contributed by atoms with Gasteiger partial charge >= 0.3 is 0 Å². The summed E-state index contributed by atoms with van der Waals surface area (Å²) in [5.41, 5.74) is 1.18. The summed E-state index contributed by atoms with van der Waals surface area (Å²) in [7, 11) is 1.68. The monoisotopic (exact) mass is 267 g/mol. The molecule has 0 bridgehead atoms. The van der Waals surface area contributed by atoms with E-state index in [0.717, 1.165) is 12.3 Å². The molecule has 2 nitrogen and oxygen atoms in total. The van der Waals surface area contributed by atoms with E-state index in [0.29, 0.717) is 0 Å². The molecule has 100 valence electrons. The first-order chi connectivity index (χ1) is 8.79. The van der Waals surface area contributed by atoms with Gasteiger partial charge in [0, 0.05) is 6.54 Å². The predicted octanol–water partition coefficient (Wildman–Crippen LogP) is 3.85. The SMILES string of the molecule is COc1ccc(C(Cl)CN2CCCCCC2)cc1. The summed E-state index contributed by atoms with van der Waals surface area (Å²) in [6.07, 6.45) is 5.36. The second-order valence-electron chi connectivity index (χ2n) is 4.96. The van der Waals surface area contributed by atoms with Crippen LogP contribution in [-0.4, -0.2) is 31.6 Å². The van der Waals surface area contributed by atoms with Crippen molar-refractivity contribution in [2.24, 2.45) is 0 Å². The van der Waals surface area contributed by atoms with Gasteiger partial charge in [-0.05, 0) is 43.6 Å². The number of hydrogen-bond acceptors (Lipinski definition) is 2. The van der Waals surface area contributed by atoms with Crippen LogP contribution in [-0.2, 0) is 0 Å². The normalized spacial score (nSPS) is 19.2. The maximum absolute atomic E-state index is 6.51. The lowest BCUT2D eigenvalue weighted by Gasteiger charge is -2.23. The first-order valence-corrected chi connectivity index (χ1v) is 7.23. The average molecular weight is 268 g/mol. The van der Waals surface area contributed by atoms with Gasteiger partial charge in [-0.1, -0.05) is 25.0 Å². The third-order valence-corrected chi connectivity index (χ3v) is 3.98. The molecule has 3 heteroatoms. The topological polar surface area (TPSA) is 12.5 Å². The Morgan fingerprint density at radius 2 is 1.72 bits per heavy atom. The molecule has 1 atom stereocenters. The van der Waals surface area contributed by atoms with Gasteiger partial charge in [0.25, 0.3) is 0 Å². The summed E-state index contributed by atoms with van der Waals surface area (Å²) in [5, 5.41) is 0.0778. The third-order valence-electron chi connectivity index (χ3n) is 3.59. The molecule has 2 rings (SSSR count). The zero-order valence-corrected chi connectivity index (χ0v) is 11.8. The summed E-state index contributed by atoms with van der Waals surface area (Å²) in [4.78, 5) is 2.49. The zero-order valence-electron chi connectivity index (χ0n) is 11.1. The van der Waals surface area contributed by atoms with Crippen LogP contribution in [0.25, 0.3) is 0 Å². The predicted molar refractivity (Wildman–Crippen MR) is 76.5 cm³/mol. The largest absolute Gasteiger partial charge is 0.497 e. The number of alkyl halides is 1. The number of likely N-dealkylation sites (tertiary alicyclic amines) is 1. The molecule has 0 spiro atoms. The van der Waals surface area contributed by atoms with Crippen LogP contribution in [0.1, 0.15) is 36.6 Å². The van der Waals surface area contributed by atoms with Crippen molar-refractivity contribution in [2.45, 2.75) is 31.1 Å². The maximum Gasteiger partial charge on any atom is 0.118 e. The summed E-state index contributed by atoms with van der Waals surface area (Å²) in [6.45, 7) is 3.34. The van der Waals surface area contributed by atoms with E-state index in [2.05, 4.69) is 17.0 Å². The van der Waals surface area contributed by atoms with Crippen molar-refractivity contribution in [3.8, 4) is 5.75 Å². The molecule has 1 aromatic rings. The van der Waals surface area contributed by atoms with E-state index in [-0.39, 0.29) is 5.38 Å². The molecule has 1 heterocycles. The van der Waals surface area contributed by atoms with Gasteiger partial charge in [-0.3, -0.25) is 0 Å². The first-order valence-electron chi connectivity index (χ1n) is 6.80. The van der Waals surface area contributed by atoms with Crippen LogP contribution < -0.4 is 4.74 Å². The number of ether oxygens (including phenoxy) is 1. The van der Waals surface area contributed by atoms with Crippen molar-refractivity contribution in [2.75, 3.05) is 26.7 Å². The van der Waals surface area contributed by atoms with Gasteiger partial charge in [-0.15, -0.1) is 11.6 Å². The summed E-state index contributed by atoms with van der Waals surface area (Å²) in [6, 6.07) is 8.09. The molecule has 18 heavy (non-hydrogen) atoms. The van der Waals surface area contributed by atoms with Gasteiger partial charge in [-0.25, -0.2) is 0 Å². The van der Waals surface area contributed by atoms with Crippen LogP contribution in [0.4, 0.5) is 0 Å². The summed E-state index contributed by atoms with van der Waals surface area (Å²) < 4.78 is 5.16. The summed E-state index contributed by atoms with van der Waals surface area (Å²) in [5.74, 6) is 0.886. The molecular weight excluding hydrogens is 246 g/mol. The Labute approximate surface area is 115 Å². The Morgan fingerprint density at radius 1 is 1.11 bits per heavy atom. The quantitative estimate of drug-likeness (QED) is 0.769. The van der Waals surface area contributed by atoms with E-state index in [1.807, 2.05) is 12.1 Å². The van der Waals surface area contributed by atoms with Gasteiger partial charge < -0.3 is 9.64 Å². The zero-order chi connectivity index (χ0) is 12.8. The van der Waals surface area contributed by atoms with Crippen molar-refractivity contribution in [3.05, 3.63) is 29.8 Å². The van der Waals surface area contributed by atoms with Crippen molar-refractivity contribution in [3.63, 3.8) is 0 Å².